The Morgan fingerprint density at radius 1 is 1.19 bits per heavy atom. The van der Waals surface area contributed by atoms with Crippen LogP contribution in [0.4, 0.5) is 13.2 Å². The monoisotopic (exact) mass is 300 g/mol. The Bertz CT molecular complexity index is 711. The van der Waals surface area contributed by atoms with Gasteiger partial charge in [0.2, 0.25) is 0 Å². The molecular formula is C13H11F3N2O3. The first-order chi connectivity index (χ1) is 9.86. The van der Waals surface area contributed by atoms with E-state index in [-0.39, 0.29) is 17.0 Å². The number of alkyl halides is 3. The lowest BCUT2D eigenvalue weighted by Gasteiger charge is -2.13. The van der Waals surface area contributed by atoms with E-state index in [1.807, 2.05) is 0 Å². The summed E-state index contributed by atoms with van der Waals surface area (Å²) in [5, 5.41) is 0. The van der Waals surface area contributed by atoms with E-state index in [2.05, 4.69) is 4.98 Å². The minimum atomic E-state index is -4.68. The maximum atomic E-state index is 12.7. The highest BCUT2D eigenvalue weighted by Gasteiger charge is 2.33. The van der Waals surface area contributed by atoms with Gasteiger partial charge in [0, 0.05) is 5.56 Å². The average molecular weight is 300 g/mol. The van der Waals surface area contributed by atoms with E-state index >= 15 is 0 Å². The van der Waals surface area contributed by atoms with Gasteiger partial charge in [0.05, 0.1) is 19.9 Å². The van der Waals surface area contributed by atoms with Gasteiger partial charge in [-0.1, -0.05) is 6.07 Å². The smallest absolute Gasteiger partial charge is 0.431 e. The molecule has 0 aliphatic carbocycles. The number of aromatic amines is 1. The van der Waals surface area contributed by atoms with Crippen LogP contribution in [0, 0.1) is 0 Å². The molecular weight excluding hydrogens is 289 g/mol. The molecule has 0 amide bonds. The van der Waals surface area contributed by atoms with Gasteiger partial charge >= 0.3 is 11.9 Å². The van der Waals surface area contributed by atoms with Crippen LogP contribution in [-0.4, -0.2) is 24.2 Å². The molecule has 112 valence electrons. The summed E-state index contributed by atoms with van der Waals surface area (Å²) in [6.07, 6.45) is -4.68. The molecule has 5 nitrogen and oxygen atoms in total. The number of ether oxygens (including phenoxy) is 2. The summed E-state index contributed by atoms with van der Waals surface area (Å²) in [7, 11) is 2.74. The largest absolute Gasteiger partial charge is 0.493 e. The van der Waals surface area contributed by atoms with Crippen molar-refractivity contribution >= 4 is 0 Å². The number of para-hydroxylation sites is 1. The van der Waals surface area contributed by atoms with Gasteiger partial charge in [0.15, 0.2) is 11.5 Å². The van der Waals surface area contributed by atoms with Gasteiger partial charge < -0.3 is 14.5 Å². The number of benzene rings is 1. The highest BCUT2D eigenvalue weighted by molar-refractivity contribution is 5.71. The summed E-state index contributed by atoms with van der Waals surface area (Å²) in [6, 6.07) is 5.38. The zero-order valence-electron chi connectivity index (χ0n) is 11.1. The molecule has 1 N–H and O–H groups in total. The second-order valence-corrected chi connectivity index (χ2v) is 4.02. The minimum absolute atomic E-state index is 0.151. The van der Waals surface area contributed by atoms with Gasteiger partial charge in [-0.3, -0.25) is 0 Å². The molecule has 0 aliphatic heterocycles. The summed E-state index contributed by atoms with van der Waals surface area (Å²) in [4.78, 5) is 16.6. The lowest BCUT2D eigenvalue weighted by Crippen LogP contribution is -2.19. The second kappa shape index (κ2) is 5.47. The molecule has 0 unspecified atom stereocenters. The number of nitrogens with one attached hydrogen (secondary N) is 1. The number of methoxy groups -OCH3 is 2. The molecule has 0 fully saturated rings. The Hall–Kier alpha value is -2.51. The Morgan fingerprint density at radius 3 is 2.48 bits per heavy atom. The maximum absolute atomic E-state index is 12.7. The third-order valence-corrected chi connectivity index (χ3v) is 2.73. The lowest BCUT2D eigenvalue weighted by atomic mass is 10.1. The van der Waals surface area contributed by atoms with Crippen molar-refractivity contribution in [3.8, 4) is 22.8 Å². The van der Waals surface area contributed by atoms with E-state index in [9.17, 15) is 18.0 Å². The van der Waals surface area contributed by atoms with Crippen molar-refractivity contribution in [2.45, 2.75) is 6.18 Å². The third-order valence-electron chi connectivity index (χ3n) is 2.73. The molecule has 0 radical (unpaired) electrons. The number of H-pyrrole nitrogens is 1. The predicted molar refractivity (Wildman–Crippen MR) is 68.4 cm³/mol. The molecule has 0 bridgehead atoms. The van der Waals surface area contributed by atoms with Gasteiger partial charge in [-0.25, -0.2) is 4.79 Å². The number of nitrogens with zero attached hydrogens (tertiary/aromatic N) is 1. The zero-order valence-corrected chi connectivity index (χ0v) is 11.1. The van der Waals surface area contributed by atoms with Crippen LogP contribution in [0.1, 0.15) is 5.69 Å². The first kappa shape index (κ1) is 14.9. The highest BCUT2D eigenvalue weighted by Crippen LogP contribution is 2.37. The van der Waals surface area contributed by atoms with E-state index in [1.165, 1.54) is 20.3 Å². The molecule has 1 aromatic heterocycles. The van der Waals surface area contributed by atoms with Gasteiger partial charge in [-0.05, 0) is 18.2 Å². The van der Waals surface area contributed by atoms with Crippen molar-refractivity contribution in [3.63, 3.8) is 0 Å². The van der Waals surface area contributed by atoms with Crippen molar-refractivity contribution in [3.05, 3.63) is 40.4 Å². The summed E-state index contributed by atoms with van der Waals surface area (Å²) >= 11 is 0. The van der Waals surface area contributed by atoms with Crippen LogP contribution < -0.4 is 15.2 Å². The normalized spacial score (nSPS) is 11.3. The Kier molecular flexibility index (Phi) is 3.88. The number of rotatable bonds is 3. The van der Waals surface area contributed by atoms with Crippen molar-refractivity contribution in [2.75, 3.05) is 14.2 Å². The van der Waals surface area contributed by atoms with Crippen LogP contribution in [-0.2, 0) is 6.18 Å². The van der Waals surface area contributed by atoms with Gasteiger partial charge in [0.25, 0.3) is 0 Å². The quantitative estimate of drug-likeness (QED) is 0.945. The first-order valence-electron chi connectivity index (χ1n) is 5.76. The summed E-state index contributed by atoms with van der Waals surface area (Å²) < 4.78 is 48.4. The highest BCUT2D eigenvalue weighted by atomic mass is 19.4. The minimum Gasteiger partial charge on any atom is -0.493 e. The standard InChI is InChI=1S/C13H11F3N2O3/c1-20-9-5-3-4-7(11(9)21-2)8-6-10(13(14,15)16)18-12(19)17-8/h3-6H,1-2H3,(H,17,18,19). The fourth-order valence-electron chi connectivity index (χ4n) is 1.84. The molecule has 0 aliphatic rings. The van der Waals surface area contributed by atoms with Gasteiger partial charge in [0.1, 0.15) is 5.69 Å². The fraction of sp³-hybridized carbons (Fsp3) is 0.231. The topological polar surface area (TPSA) is 64.2 Å². The van der Waals surface area contributed by atoms with Crippen LogP contribution in [0.5, 0.6) is 11.5 Å². The van der Waals surface area contributed by atoms with Crippen molar-refractivity contribution in [1.82, 2.24) is 9.97 Å². The van der Waals surface area contributed by atoms with E-state index in [1.54, 1.807) is 17.1 Å². The Morgan fingerprint density at radius 2 is 1.90 bits per heavy atom. The predicted octanol–water partition coefficient (Wildman–Crippen LogP) is 2.47. The van der Waals surface area contributed by atoms with E-state index in [0.29, 0.717) is 5.75 Å². The molecule has 0 spiro atoms. The number of hydrogen-bond donors (Lipinski definition) is 1. The van der Waals surface area contributed by atoms with Crippen LogP contribution in [0.2, 0.25) is 0 Å². The maximum Gasteiger partial charge on any atom is 0.431 e. The number of halogens is 3. The molecule has 2 rings (SSSR count). The van der Waals surface area contributed by atoms with Crippen molar-refractivity contribution < 1.29 is 22.6 Å². The lowest BCUT2D eigenvalue weighted by molar-refractivity contribution is -0.141. The van der Waals surface area contributed by atoms with Gasteiger partial charge in [-0.15, -0.1) is 0 Å². The van der Waals surface area contributed by atoms with Crippen LogP contribution in [0.3, 0.4) is 0 Å². The average Bonchev–Trinajstić information content (AvgIpc) is 2.44. The summed E-state index contributed by atoms with van der Waals surface area (Å²) in [5.41, 5.74) is -2.19. The summed E-state index contributed by atoms with van der Waals surface area (Å²) in [6.45, 7) is 0. The van der Waals surface area contributed by atoms with Crippen LogP contribution in [0.25, 0.3) is 11.3 Å². The van der Waals surface area contributed by atoms with Crippen molar-refractivity contribution in [1.29, 1.82) is 0 Å². The molecule has 1 aromatic carbocycles. The molecule has 0 saturated carbocycles. The van der Waals surface area contributed by atoms with E-state index in [4.69, 9.17) is 9.47 Å². The Labute approximate surface area is 117 Å². The number of hydrogen-bond acceptors (Lipinski definition) is 4. The number of aromatic nitrogens is 2. The van der Waals surface area contributed by atoms with Crippen molar-refractivity contribution in [2.24, 2.45) is 0 Å². The zero-order chi connectivity index (χ0) is 15.6. The summed E-state index contributed by atoms with van der Waals surface area (Å²) in [5.74, 6) is 0.525. The van der Waals surface area contributed by atoms with Gasteiger partial charge in [-0.2, -0.15) is 18.2 Å². The molecule has 1 heterocycles. The van der Waals surface area contributed by atoms with Crippen LogP contribution in [0.15, 0.2) is 29.1 Å². The molecule has 0 saturated heterocycles. The van der Waals surface area contributed by atoms with Crippen LogP contribution >= 0.6 is 0 Å². The second-order valence-electron chi connectivity index (χ2n) is 4.02. The molecule has 2 aromatic rings. The third kappa shape index (κ3) is 2.99. The fourth-order valence-corrected chi connectivity index (χ4v) is 1.84. The molecule has 8 heteroatoms. The van der Waals surface area contributed by atoms with E-state index < -0.39 is 17.6 Å². The van der Waals surface area contributed by atoms with E-state index in [0.717, 1.165) is 6.07 Å². The first-order valence-corrected chi connectivity index (χ1v) is 5.76. The molecule has 21 heavy (non-hydrogen) atoms. The SMILES string of the molecule is COc1cccc(-c2cc(C(F)(F)F)[nH]c(=O)n2)c1OC. The molecule has 0 atom stereocenters. The Balaban J connectivity index is 2.68.